The Labute approximate surface area is 214 Å². The van der Waals surface area contributed by atoms with E-state index in [1.807, 2.05) is 6.92 Å². The SMILES string of the molecule is Cc1ccc(S(=O)(=O)N(CC(=O)NN=C2CCCCCCCCCCC2)c2ccccc2Cl)cc1. The molecule has 1 fully saturated rings. The van der Waals surface area contributed by atoms with Crippen molar-refractivity contribution >= 4 is 38.9 Å². The molecule has 0 aliphatic heterocycles. The second kappa shape index (κ2) is 13.6. The first-order chi connectivity index (χ1) is 16.9. The highest BCUT2D eigenvalue weighted by molar-refractivity contribution is 7.92. The fraction of sp³-hybridized carbons (Fsp3) is 0.481. The molecule has 35 heavy (non-hydrogen) atoms. The van der Waals surface area contributed by atoms with Crippen LogP contribution in [0.5, 0.6) is 0 Å². The van der Waals surface area contributed by atoms with E-state index in [0.29, 0.717) is 0 Å². The molecule has 0 atom stereocenters. The number of sulfonamides is 1. The molecule has 1 amide bonds. The van der Waals surface area contributed by atoms with Gasteiger partial charge in [-0.1, -0.05) is 86.4 Å². The molecule has 0 spiro atoms. The summed E-state index contributed by atoms with van der Waals surface area (Å²) in [6.45, 7) is 1.47. The summed E-state index contributed by atoms with van der Waals surface area (Å²) in [6.07, 6.45) is 12.5. The summed E-state index contributed by atoms with van der Waals surface area (Å²) in [4.78, 5) is 13.0. The van der Waals surface area contributed by atoms with Crippen molar-refractivity contribution in [1.82, 2.24) is 5.43 Å². The fourth-order valence-corrected chi connectivity index (χ4v) is 5.96. The molecule has 0 bridgehead atoms. The standard InChI is InChI=1S/C27H36ClN3O3S/c1-22-17-19-24(20-18-22)35(33,34)31(26-16-12-11-15-25(26)28)21-27(32)30-29-23-13-9-7-5-3-2-4-6-8-10-14-23/h11-12,15-20H,2-10,13-14,21H2,1H3,(H,30,32). The van der Waals surface area contributed by atoms with E-state index in [1.165, 1.54) is 57.1 Å². The predicted molar refractivity (Wildman–Crippen MR) is 144 cm³/mol. The minimum Gasteiger partial charge on any atom is -0.271 e. The molecule has 2 aromatic carbocycles. The van der Waals surface area contributed by atoms with Gasteiger partial charge >= 0.3 is 0 Å². The molecule has 0 aromatic heterocycles. The van der Waals surface area contributed by atoms with Crippen LogP contribution in [0, 0.1) is 6.92 Å². The average Bonchev–Trinajstić information content (AvgIpc) is 2.83. The third-order valence-electron chi connectivity index (χ3n) is 6.29. The van der Waals surface area contributed by atoms with E-state index in [1.54, 1.807) is 36.4 Å². The van der Waals surface area contributed by atoms with Gasteiger partial charge in [-0.3, -0.25) is 9.10 Å². The van der Waals surface area contributed by atoms with Gasteiger partial charge in [0.05, 0.1) is 15.6 Å². The molecule has 1 saturated carbocycles. The number of hydrazone groups is 1. The predicted octanol–water partition coefficient (Wildman–Crippen LogP) is 6.62. The first-order valence-corrected chi connectivity index (χ1v) is 14.4. The van der Waals surface area contributed by atoms with Crippen LogP contribution in [-0.2, 0) is 14.8 Å². The molecule has 0 radical (unpaired) electrons. The number of amides is 1. The number of aryl methyl sites for hydroxylation is 1. The molecule has 1 aliphatic rings. The summed E-state index contributed by atoms with van der Waals surface area (Å²) in [7, 11) is -4.02. The van der Waals surface area contributed by atoms with E-state index in [9.17, 15) is 13.2 Å². The largest absolute Gasteiger partial charge is 0.271 e. The number of hydrogen-bond donors (Lipinski definition) is 1. The van der Waals surface area contributed by atoms with Crippen molar-refractivity contribution in [2.75, 3.05) is 10.8 Å². The van der Waals surface area contributed by atoms with Crippen LogP contribution in [0.25, 0.3) is 0 Å². The smallest absolute Gasteiger partial charge is 0.264 e. The summed E-state index contributed by atoms with van der Waals surface area (Å²) >= 11 is 6.34. The fourth-order valence-electron chi connectivity index (χ4n) is 4.23. The second-order valence-corrected chi connectivity index (χ2v) is 11.4. The Kier molecular flexibility index (Phi) is 10.6. The van der Waals surface area contributed by atoms with Crippen molar-refractivity contribution in [3.63, 3.8) is 0 Å². The number of nitrogens with zero attached hydrogens (tertiary/aromatic N) is 2. The molecule has 6 nitrogen and oxygen atoms in total. The van der Waals surface area contributed by atoms with Gasteiger partial charge in [0, 0.05) is 5.71 Å². The third-order valence-corrected chi connectivity index (χ3v) is 8.38. The number of benzene rings is 2. The van der Waals surface area contributed by atoms with Crippen molar-refractivity contribution in [2.24, 2.45) is 5.10 Å². The molecule has 3 rings (SSSR count). The zero-order valence-electron chi connectivity index (χ0n) is 20.5. The molecule has 190 valence electrons. The van der Waals surface area contributed by atoms with Crippen molar-refractivity contribution in [3.05, 3.63) is 59.1 Å². The maximum atomic E-state index is 13.5. The van der Waals surface area contributed by atoms with Crippen molar-refractivity contribution < 1.29 is 13.2 Å². The molecule has 1 aliphatic carbocycles. The Morgan fingerprint density at radius 2 is 1.43 bits per heavy atom. The van der Waals surface area contributed by atoms with Crippen LogP contribution in [0.4, 0.5) is 5.69 Å². The van der Waals surface area contributed by atoms with E-state index >= 15 is 0 Å². The van der Waals surface area contributed by atoms with Crippen LogP contribution in [-0.4, -0.2) is 26.6 Å². The Balaban J connectivity index is 1.77. The summed E-state index contributed by atoms with van der Waals surface area (Å²) in [5, 5.41) is 4.66. The number of nitrogens with one attached hydrogen (secondary N) is 1. The zero-order chi connectivity index (χ0) is 25.1. The molecule has 0 saturated heterocycles. The van der Waals surface area contributed by atoms with Gasteiger partial charge in [-0.2, -0.15) is 5.10 Å². The van der Waals surface area contributed by atoms with E-state index in [2.05, 4.69) is 10.5 Å². The zero-order valence-corrected chi connectivity index (χ0v) is 22.1. The van der Waals surface area contributed by atoms with Gasteiger partial charge in [0.25, 0.3) is 15.9 Å². The minimum absolute atomic E-state index is 0.0986. The van der Waals surface area contributed by atoms with Crippen molar-refractivity contribution in [1.29, 1.82) is 0 Å². The molecule has 0 unspecified atom stereocenters. The Morgan fingerprint density at radius 1 is 0.886 bits per heavy atom. The lowest BCUT2D eigenvalue weighted by atomic mass is 10.00. The van der Waals surface area contributed by atoms with E-state index in [-0.39, 0.29) is 15.6 Å². The molecule has 8 heteroatoms. The van der Waals surface area contributed by atoms with Gasteiger partial charge in [-0.05, 0) is 56.9 Å². The number of para-hydroxylation sites is 1. The van der Waals surface area contributed by atoms with Crippen LogP contribution in [0.3, 0.4) is 0 Å². The maximum Gasteiger partial charge on any atom is 0.264 e. The lowest BCUT2D eigenvalue weighted by Crippen LogP contribution is -2.40. The number of anilines is 1. The third kappa shape index (κ3) is 8.36. The van der Waals surface area contributed by atoms with Gasteiger partial charge < -0.3 is 0 Å². The van der Waals surface area contributed by atoms with Gasteiger partial charge in [0.15, 0.2) is 0 Å². The van der Waals surface area contributed by atoms with Gasteiger partial charge in [0.1, 0.15) is 6.54 Å². The lowest BCUT2D eigenvalue weighted by Gasteiger charge is -2.24. The van der Waals surface area contributed by atoms with Crippen LogP contribution in [0.2, 0.25) is 5.02 Å². The number of carbonyl (C=O) groups is 1. The Morgan fingerprint density at radius 3 is 2.00 bits per heavy atom. The van der Waals surface area contributed by atoms with Gasteiger partial charge in [-0.25, -0.2) is 13.8 Å². The van der Waals surface area contributed by atoms with Crippen LogP contribution < -0.4 is 9.73 Å². The highest BCUT2D eigenvalue weighted by atomic mass is 35.5. The average molecular weight is 518 g/mol. The topological polar surface area (TPSA) is 78.8 Å². The van der Waals surface area contributed by atoms with Gasteiger partial charge in [0.2, 0.25) is 0 Å². The van der Waals surface area contributed by atoms with E-state index < -0.39 is 22.5 Å². The molecule has 0 heterocycles. The maximum absolute atomic E-state index is 13.5. The highest BCUT2D eigenvalue weighted by Crippen LogP contribution is 2.30. The van der Waals surface area contributed by atoms with Crippen molar-refractivity contribution in [3.8, 4) is 0 Å². The van der Waals surface area contributed by atoms with E-state index in [4.69, 9.17) is 11.6 Å². The van der Waals surface area contributed by atoms with E-state index in [0.717, 1.165) is 41.3 Å². The summed E-state index contributed by atoms with van der Waals surface area (Å²) < 4.78 is 28.1. The summed E-state index contributed by atoms with van der Waals surface area (Å²) in [5.74, 6) is -0.501. The number of rotatable bonds is 6. The number of hydrogen-bond acceptors (Lipinski definition) is 4. The van der Waals surface area contributed by atoms with Crippen LogP contribution in [0.1, 0.15) is 76.2 Å². The van der Waals surface area contributed by atoms with Crippen molar-refractivity contribution in [2.45, 2.75) is 82.4 Å². The monoisotopic (exact) mass is 517 g/mol. The summed E-state index contributed by atoms with van der Waals surface area (Å²) in [6, 6.07) is 13.2. The lowest BCUT2D eigenvalue weighted by molar-refractivity contribution is -0.119. The molecule has 1 N–H and O–H groups in total. The summed E-state index contributed by atoms with van der Waals surface area (Å²) in [5.41, 5.74) is 4.79. The second-order valence-electron chi connectivity index (χ2n) is 9.17. The molecular formula is C27H36ClN3O3S. The Bertz CT molecular complexity index is 1090. The van der Waals surface area contributed by atoms with Gasteiger partial charge in [-0.15, -0.1) is 0 Å². The Hall–Kier alpha value is -2.38. The first kappa shape index (κ1) is 27.2. The van der Waals surface area contributed by atoms with Crippen LogP contribution in [0.15, 0.2) is 58.5 Å². The normalized spacial score (nSPS) is 16.0. The quantitative estimate of drug-likeness (QED) is 0.437. The number of carbonyl (C=O) groups excluding carboxylic acids is 1. The molecular weight excluding hydrogens is 482 g/mol. The highest BCUT2D eigenvalue weighted by Gasteiger charge is 2.28. The molecule has 2 aromatic rings. The van der Waals surface area contributed by atoms with Crippen LogP contribution >= 0.6 is 11.6 Å². The minimum atomic E-state index is -4.02. The number of halogens is 1. The first-order valence-electron chi connectivity index (χ1n) is 12.6.